The minimum atomic E-state index is -4.91. The molecule has 0 saturated carbocycles. The number of anilines is 1. The van der Waals surface area contributed by atoms with Crippen LogP contribution in [0.25, 0.3) is 0 Å². The van der Waals surface area contributed by atoms with Crippen LogP contribution in [0.3, 0.4) is 0 Å². The molecule has 1 amide bonds. The number of aromatic carboxylic acids is 1. The molecule has 188 valence electrons. The molecule has 0 bridgehead atoms. The minimum Gasteiger partial charge on any atom is -0.478 e. The molecule has 18 heteroatoms. The summed E-state index contributed by atoms with van der Waals surface area (Å²) in [5, 5.41) is 40.3. The molecule has 2 aromatic rings. The third-order valence-electron chi connectivity index (χ3n) is 4.71. The Labute approximate surface area is 194 Å². The topological polar surface area (TPSA) is 264 Å². The fourth-order valence-electron chi connectivity index (χ4n) is 3.05. The smallest absolute Gasteiger partial charge is 0.362 e. The number of aromatic nitrogens is 2. The van der Waals surface area contributed by atoms with Crippen LogP contribution in [0.1, 0.15) is 26.9 Å². The first-order valence-electron chi connectivity index (χ1n) is 9.39. The molecule has 17 nitrogen and oxygen atoms in total. The molecule has 0 spiro atoms. The van der Waals surface area contributed by atoms with Crippen molar-refractivity contribution in [3.63, 3.8) is 0 Å². The fourth-order valence-corrected chi connectivity index (χ4v) is 3.76. The summed E-state index contributed by atoms with van der Waals surface area (Å²) in [6.45, 7) is -0.927. The van der Waals surface area contributed by atoms with Gasteiger partial charge in [0.1, 0.15) is 24.1 Å². The summed E-state index contributed by atoms with van der Waals surface area (Å²) in [6.07, 6.45) is -5.22. The highest BCUT2D eigenvalue weighted by molar-refractivity contribution is 7.85. The van der Waals surface area contributed by atoms with Gasteiger partial charge in [-0.25, -0.2) is 14.3 Å². The number of carbonyl (C=O) groups excluding carboxylic acids is 1. The standard InChI is InChI=1S/C17H17N5O12S/c18-11-1-2-21(17(28)19-11)15-13(24)12(23)10(34-15)6-33-35(31,32)20-14(25)7-3-8(16(26)27)5-9(4-7)22(29)30/h1-5,10,12-13,15,23-24H,6H2,(H,20,25)(H,26,27)(H2,18,19,28)/t10-,12-,13-,15?/m1/s1. The van der Waals surface area contributed by atoms with Crippen LogP contribution in [0.15, 0.2) is 35.3 Å². The quantitative estimate of drug-likeness (QED) is 0.183. The number of nitrogens with two attached hydrogens (primary N) is 1. The van der Waals surface area contributed by atoms with Crippen LogP contribution >= 0.6 is 0 Å². The van der Waals surface area contributed by atoms with Gasteiger partial charge in [0.05, 0.1) is 17.1 Å². The molecule has 1 aliphatic rings. The van der Waals surface area contributed by atoms with E-state index in [2.05, 4.69) is 9.17 Å². The first kappa shape index (κ1) is 25.6. The summed E-state index contributed by atoms with van der Waals surface area (Å²) in [7, 11) is -4.91. The third-order valence-corrected chi connectivity index (χ3v) is 5.59. The van der Waals surface area contributed by atoms with Gasteiger partial charge < -0.3 is 25.8 Å². The molecular weight excluding hydrogens is 498 g/mol. The van der Waals surface area contributed by atoms with Gasteiger partial charge in [0, 0.05) is 23.9 Å². The van der Waals surface area contributed by atoms with Gasteiger partial charge in [0.2, 0.25) is 0 Å². The van der Waals surface area contributed by atoms with Crippen molar-refractivity contribution in [3.05, 3.63) is 62.2 Å². The number of hydrogen-bond donors (Lipinski definition) is 5. The Balaban J connectivity index is 1.70. The normalized spacial score (nSPS) is 22.0. The Morgan fingerprint density at radius 2 is 1.91 bits per heavy atom. The predicted octanol–water partition coefficient (Wildman–Crippen LogP) is -2.26. The first-order valence-corrected chi connectivity index (χ1v) is 10.8. The van der Waals surface area contributed by atoms with Crippen LogP contribution in [0.2, 0.25) is 0 Å². The summed E-state index contributed by atoms with van der Waals surface area (Å²) in [5.41, 5.74) is 2.39. The number of non-ortho nitro benzene ring substituents is 1. The van der Waals surface area contributed by atoms with Gasteiger partial charge >= 0.3 is 22.0 Å². The molecule has 2 heterocycles. The average Bonchev–Trinajstić information content (AvgIpc) is 3.05. The number of nitrogen functional groups attached to an aromatic ring is 1. The van der Waals surface area contributed by atoms with Crippen molar-refractivity contribution in [3.8, 4) is 0 Å². The molecule has 1 aromatic carbocycles. The lowest BCUT2D eigenvalue weighted by Gasteiger charge is -2.16. The van der Waals surface area contributed by atoms with Gasteiger partial charge in [-0.1, -0.05) is 0 Å². The van der Waals surface area contributed by atoms with Gasteiger partial charge in [-0.3, -0.25) is 23.7 Å². The number of amides is 1. The van der Waals surface area contributed by atoms with Crippen LogP contribution in [0, 0.1) is 10.1 Å². The van der Waals surface area contributed by atoms with Gasteiger partial charge in [-0.2, -0.15) is 13.4 Å². The highest BCUT2D eigenvalue weighted by Crippen LogP contribution is 2.29. The van der Waals surface area contributed by atoms with E-state index in [4.69, 9.17) is 15.6 Å². The molecule has 0 radical (unpaired) electrons. The van der Waals surface area contributed by atoms with Gasteiger partial charge in [-0.15, -0.1) is 0 Å². The lowest BCUT2D eigenvalue weighted by molar-refractivity contribution is -0.384. The van der Waals surface area contributed by atoms with Gasteiger partial charge in [0.15, 0.2) is 6.23 Å². The summed E-state index contributed by atoms with van der Waals surface area (Å²) in [4.78, 5) is 48.7. The Morgan fingerprint density at radius 3 is 2.51 bits per heavy atom. The second kappa shape index (κ2) is 9.72. The number of hydrogen-bond acceptors (Lipinski definition) is 13. The predicted molar refractivity (Wildman–Crippen MR) is 111 cm³/mol. The number of aliphatic hydroxyl groups excluding tert-OH is 2. The van der Waals surface area contributed by atoms with E-state index in [0.29, 0.717) is 18.2 Å². The number of carboxylic acids is 1. The van der Waals surface area contributed by atoms with Crippen molar-refractivity contribution in [2.24, 2.45) is 0 Å². The Hall–Kier alpha value is -3.97. The van der Waals surface area contributed by atoms with E-state index in [0.717, 1.165) is 10.8 Å². The zero-order valence-electron chi connectivity index (χ0n) is 17.2. The van der Waals surface area contributed by atoms with E-state index < -0.39 is 80.8 Å². The van der Waals surface area contributed by atoms with Crippen molar-refractivity contribution in [2.75, 3.05) is 12.3 Å². The van der Waals surface area contributed by atoms with Crippen LogP contribution in [-0.2, 0) is 19.2 Å². The number of aliphatic hydroxyl groups is 2. The number of ether oxygens (including phenoxy) is 1. The van der Waals surface area contributed by atoms with Gasteiger partial charge in [-0.05, 0) is 12.1 Å². The van der Waals surface area contributed by atoms with E-state index in [1.807, 2.05) is 0 Å². The van der Waals surface area contributed by atoms with Crippen LogP contribution < -0.4 is 16.1 Å². The number of rotatable bonds is 8. The molecule has 35 heavy (non-hydrogen) atoms. The lowest BCUT2D eigenvalue weighted by Crippen LogP contribution is -2.38. The molecule has 0 aliphatic carbocycles. The molecule has 6 N–H and O–H groups in total. The Morgan fingerprint density at radius 1 is 1.26 bits per heavy atom. The van der Waals surface area contributed by atoms with E-state index >= 15 is 0 Å². The number of nitrogens with one attached hydrogen (secondary N) is 1. The van der Waals surface area contributed by atoms with E-state index in [-0.39, 0.29) is 5.82 Å². The molecule has 4 atom stereocenters. The number of nitro groups is 1. The fraction of sp³-hybridized carbons (Fsp3) is 0.294. The van der Waals surface area contributed by atoms with E-state index in [9.17, 15) is 43.1 Å². The van der Waals surface area contributed by atoms with Crippen molar-refractivity contribution >= 4 is 33.7 Å². The lowest BCUT2D eigenvalue weighted by atomic mass is 10.1. The molecule has 1 aromatic heterocycles. The number of nitrogens with zero attached hydrogens (tertiary/aromatic N) is 3. The molecule has 1 aliphatic heterocycles. The summed E-state index contributed by atoms with van der Waals surface area (Å²) < 4.78 is 36.4. The zero-order valence-corrected chi connectivity index (χ0v) is 18.1. The molecule has 1 fully saturated rings. The maximum Gasteiger partial charge on any atom is 0.362 e. The van der Waals surface area contributed by atoms with Crippen molar-refractivity contribution in [2.45, 2.75) is 24.5 Å². The molecule has 1 unspecified atom stereocenters. The number of carbonyl (C=O) groups is 2. The summed E-state index contributed by atoms with van der Waals surface area (Å²) >= 11 is 0. The maximum absolute atomic E-state index is 12.3. The number of nitro benzene ring substituents is 1. The molecule has 1 saturated heterocycles. The van der Waals surface area contributed by atoms with E-state index in [1.165, 1.54) is 10.8 Å². The number of benzene rings is 1. The summed E-state index contributed by atoms with van der Waals surface area (Å²) in [6, 6.07) is 3.26. The Bertz CT molecular complexity index is 1310. The summed E-state index contributed by atoms with van der Waals surface area (Å²) in [5.74, 6) is -3.15. The number of carboxylic acid groups (broad SMARTS) is 1. The van der Waals surface area contributed by atoms with E-state index in [1.54, 1.807) is 0 Å². The molecule has 3 rings (SSSR count). The SMILES string of the molecule is Nc1ccn(C2O[C@H](COS(=O)(=O)NC(=O)c3cc(C(=O)O)cc([N+](=O)[O-])c3)[C@@H](O)[C@H]2O)c(=O)n1. The highest BCUT2D eigenvalue weighted by atomic mass is 32.2. The van der Waals surface area contributed by atoms with Crippen LogP contribution in [0.4, 0.5) is 11.5 Å². The second-order valence-corrected chi connectivity index (χ2v) is 8.44. The van der Waals surface area contributed by atoms with Crippen molar-refractivity contribution in [1.82, 2.24) is 14.3 Å². The Kier molecular flexibility index (Phi) is 7.12. The van der Waals surface area contributed by atoms with Crippen LogP contribution in [0.5, 0.6) is 0 Å². The molecular formula is C17H17N5O12S. The zero-order chi connectivity index (χ0) is 26.1. The maximum atomic E-state index is 12.3. The highest BCUT2D eigenvalue weighted by Gasteiger charge is 2.45. The van der Waals surface area contributed by atoms with Crippen molar-refractivity contribution in [1.29, 1.82) is 0 Å². The van der Waals surface area contributed by atoms with Crippen molar-refractivity contribution < 1.29 is 47.2 Å². The van der Waals surface area contributed by atoms with Gasteiger partial charge in [0.25, 0.3) is 11.6 Å². The minimum absolute atomic E-state index is 0.111. The van der Waals surface area contributed by atoms with Crippen LogP contribution in [-0.4, -0.2) is 75.0 Å². The average molecular weight is 515 g/mol. The monoisotopic (exact) mass is 515 g/mol. The first-order chi connectivity index (χ1) is 16.3. The second-order valence-electron chi connectivity index (χ2n) is 7.09. The third kappa shape index (κ3) is 5.75. The largest absolute Gasteiger partial charge is 0.478 e.